The Labute approximate surface area is 166 Å². The van der Waals surface area contributed by atoms with Crippen LogP contribution in [-0.4, -0.2) is 74.0 Å². The molecule has 1 spiro atoms. The summed E-state index contributed by atoms with van der Waals surface area (Å²) >= 11 is 0. The smallest absolute Gasteiger partial charge is 0.322 e. The van der Waals surface area contributed by atoms with Crippen molar-refractivity contribution in [2.45, 2.75) is 50.0 Å². The number of carbonyl (C=O) groups excluding carboxylic acids is 2. The second kappa shape index (κ2) is 6.92. The number of nitrogens with one attached hydrogen (secondary N) is 2. The first-order valence-electron chi connectivity index (χ1n) is 9.90. The third kappa shape index (κ3) is 3.10. The van der Waals surface area contributed by atoms with Crippen molar-refractivity contribution >= 4 is 28.9 Å². The third-order valence-corrected chi connectivity index (χ3v) is 5.97. The molecule has 5 rings (SSSR count). The first-order valence-corrected chi connectivity index (χ1v) is 9.90. The van der Waals surface area contributed by atoms with Crippen LogP contribution in [-0.2, 0) is 16.1 Å². The van der Waals surface area contributed by atoms with Gasteiger partial charge in [0.05, 0.1) is 31.6 Å². The highest BCUT2D eigenvalue weighted by molar-refractivity contribution is 6.07. The van der Waals surface area contributed by atoms with E-state index in [9.17, 15) is 14.7 Å². The Bertz CT molecular complexity index is 957. The van der Waals surface area contributed by atoms with Crippen molar-refractivity contribution in [3.63, 3.8) is 0 Å². The lowest BCUT2D eigenvalue weighted by Gasteiger charge is -2.38. The summed E-state index contributed by atoms with van der Waals surface area (Å²) in [6, 6.07) is -0.461. The molecule has 0 aliphatic carbocycles. The summed E-state index contributed by atoms with van der Waals surface area (Å²) in [6.07, 6.45) is 5.42. The summed E-state index contributed by atoms with van der Waals surface area (Å²) < 4.78 is 7.37. The number of aromatic nitrogens is 4. The summed E-state index contributed by atoms with van der Waals surface area (Å²) in [4.78, 5) is 39.2. The highest BCUT2D eigenvalue weighted by Gasteiger charge is 2.49. The zero-order chi connectivity index (χ0) is 20.0. The van der Waals surface area contributed by atoms with E-state index in [2.05, 4.69) is 25.6 Å². The number of piperidine rings is 1. The van der Waals surface area contributed by atoms with E-state index in [0.29, 0.717) is 49.6 Å². The van der Waals surface area contributed by atoms with Gasteiger partial charge in [-0.25, -0.2) is 19.7 Å². The minimum atomic E-state index is -0.939. The Hall–Kier alpha value is -2.79. The number of rotatable bonds is 4. The quantitative estimate of drug-likeness (QED) is 0.586. The Balaban J connectivity index is 1.41. The summed E-state index contributed by atoms with van der Waals surface area (Å²) in [5, 5.41) is 15.6. The Kier molecular flexibility index (Phi) is 4.36. The largest absolute Gasteiger partial charge is 0.389 e. The topological polar surface area (TPSA) is 134 Å². The first-order chi connectivity index (χ1) is 14.1. The standard InChI is InChI=1S/C18H23N7O4/c26-11(12-3-1-6-29-12)7-25-10-21-13-14(19-9-20-15(13)25)24-5-2-4-18(8-24)16(27)22-17(28)23-18/h9-12,26H,1-8H2,(H2,22,23,27,28). The number of imide groups is 1. The van der Waals surface area contributed by atoms with Crippen molar-refractivity contribution in [3.8, 4) is 0 Å². The molecule has 11 nitrogen and oxygen atoms in total. The molecule has 11 heteroatoms. The fraction of sp³-hybridized carbons (Fsp3) is 0.611. The zero-order valence-electron chi connectivity index (χ0n) is 15.9. The number of aliphatic hydroxyl groups excluding tert-OH is 1. The number of ether oxygens (including phenoxy) is 1. The van der Waals surface area contributed by atoms with E-state index in [1.165, 1.54) is 6.33 Å². The van der Waals surface area contributed by atoms with Crippen LogP contribution < -0.4 is 15.5 Å². The van der Waals surface area contributed by atoms with E-state index >= 15 is 0 Å². The molecule has 2 aromatic heterocycles. The number of fused-ring (bicyclic) bond motifs is 1. The lowest BCUT2D eigenvalue weighted by molar-refractivity contribution is -0.124. The van der Waals surface area contributed by atoms with Crippen LogP contribution in [0.1, 0.15) is 25.7 Å². The van der Waals surface area contributed by atoms with Crippen LogP contribution in [0.15, 0.2) is 12.7 Å². The van der Waals surface area contributed by atoms with Crippen molar-refractivity contribution in [2.75, 3.05) is 24.6 Å². The van der Waals surface area contributed by atoms with E-state index in [4.69, 9.17) is 4.74 Å². The second-order valence-corrected chi connectivity index (χ2v) is 7.90. The van der Waals surface area contributed by atoms with Gasteiger partial charge in [-0.1, -0.05) is 0 Å². The maximum Gasteiger partial charge on any atom is 0.322 e. The molecule has 29 heavy (non-hydrogen) atoms. The maximum atomic E-state index is 12.3. The molecule has 0 saturated carbocycles. The molecule has 0 aromatic carbocycles. The van der Waals surface area contributed by atoms with Gasteiger partial charge in [0.2, 0.25) is 0 Å². The Morgan fingerprint density at radius 1 is 1.31 bits per heavy atom. The molecular weight excluding hydrogens is 378 g/mol. The van der Waals surface area contributed by atoms with Gasteiger partial charge in [-0.3, -0.25) is 10.1 Å². The van der Waals surface area contributed by atoms with Gasteiger partial charge >= 0.3 is 6.03 Å². The monoisotopic (exact) mass is 401 g/mol. The van der Waals surface area contributed by atoms with Crippen molar-refractivity contribution in [1.82, 2.24) is 30.2 Å². The lowest BCUT2D eigenvalue weighted by atomic mass is 9.89. The molecule has 2 aromatic rings. The average molecular weight is 401 g/mol. The van der Waals surface area contributed by atoms with Gasteiger partial charge in [-0.2, -0.15) is 0 Å². The van der Waals surface area contributed by atoms with Crippen LogP contribution in [0.4, 0.5) is 10.6 Å². The molecular formula is C18H23N7O4. The Morgan fingerprint density at radius 2 is 2.21 bits per heavy atom. The van der Waals surface area contributed by atoms with E-state index in [1.807, 2.05) is 4.90 Å². The predicted octanol–water partition coefficient (Wildman–Crippen LogP) is -0.455. The average Bonchev–Trinajstić information content (AvgIpc) is 3.43. The van der Waals surface area contributed by atoms with Gasteiger partial charge in [-0.05, 0) is 25.7 Å². The molecule has 3 atom stereocenters. The van der Waals surface area contributed by atoms with Gasteiger partial charge in [0.1, 0.15) is 11.9 Å². The highest BCUT2D eigenvalue weighted by atomic mass is 16.5. The number of anilines is 1. The normalized spacial score (nSPS) is 28.2. The number of carbonyl (C=O) groups is 2. The first kappa shape index (κ1) is 18.3. The minimum Gasteiger partial charge on any atom is -0.389 e. The van der Waals surface area contributed by atoms with Crippen LogP contribution in [0.2, 0.25) is 0 Å². The van der Waals surface area contributed by atoms with Crippen molar-refractivity contribution in [3.05, 3.63) is 12.7 Å². The summed E-state index contributed by atoms with van der Waals surface area (Å²) in [5.74, 6) is 0.316. The van der Waals surface area contributed by atoms with Crippen LogP contribution in [0.25, 0.3) is 11.2 Å². The molecule has 0 bridgehead atoms. The van der Waals surface area contributed by atoms with Gasteiger partial charge in [0.15, 0.2) is 17.0 Å². The number of aliphatic hydroxyl groups is 1. The van der Waals surface area contributed by atoms with Crippen LogP contribution in [0.5, 0.6) is 0 Å². The summed E-state index contributed by atoms with van der Waals surface area (Å²) in [5.41, 5.74) is 0.283. The number of hydrogen-bond acceptors (Lipinski definition) is 8. The fourth-order valence-electron chi connectivity index (χ4n) is 4.51. The second-order valence-electron chi connectivity index (χ2n) is 7.90. The van der Waals surface area contributed by atoms with Crippen LogP contribution in [0.3, 0.4) is 0 Å². The van der Waals surface area contributed by atoms with Gasteiger partial charge < -0.3 is 24.6 Å². The van der Waals surface area contributed by atoms with Gasteiger partial charge in [0, 0.05) is 13.2 Å². The molecule has 3 unspecified atom stereocenters. The molecule has 3 amide bonds. The number of hydrogen-bond donors (Lipinski definition) is 3. The van der Waals surface area contributed by atoms with E-state index in [0.717, 1.165) is 19.3 Å². The zero-order valence-corrected chi connectivity index (χ0v) is 15.9. The van der Waals surface area contributed by atoms with Crippen molar-refractivity contribution < 1.29 is 19.4 Å². The number of urea groups is 1. The number of nitrogens with zero attached hydrogens (tertiary/aromatic N) is 5. The van der Waals surface area contributed by atoms with E-state index < -0.39 is 17.7 Å². The third-order valence-electron chi connectivity index (χ3n) is 5.97. The van der Waals surface area contributed by atoms with Crippen molar-refractivity contribution in [2.24, 2.45) is 0 Å². The predicted molar refractivity (Wildman–Crippen MR) is 101 cm³/mol. The molecule has 3 fully saturated rings. The van der Waals surface area contributed by atoms with Gasteiger partial charge in [-0.15, -0.1) is 0 Å². The SMILES string of the molecule is O=C1NC(=O)C2(CCCN(c3ncnc4c3ncn4CC(O)C3CCCO3)C2)N1. The fourth-order valence-corrected chi connectivity index (χ4v) is 4.51. The van der Waals surface area contributed by atoms with E-state index in [-0.39, 0.29) is 12.0 Å². The summed E-state index contributed by atoms with van der Waals surface area (Å²) in [6.45, 7) is 2.03. The number of amides is 3. The minimum absolute atomic E-state index is 0.166. The molecule has 3 aliphatic heterocycles. The Morgan fingerprint density at radius 3 is 2.97 bits per heavy atom. The molecule has 3 aliphatic rings. The molecule has 154 valence electrons. The van der Waals surface area contributed by atoms with Crippen LogP contribution in [0, 0.1) is 0 Å². The molecule has 0 radical (unpaired) electrons. The molecule has 3 N–H and O–H groups in total. The van der Waals surface area contributed by atoms with Crippen molar-refractivity contribution in [1.29, 1.82) is 0 Å². The lowest BCUT2D eigenvalue weighted by Crippen LogP contribution is -2.58. The molecule has 5 heterocycles. The molecule has 3 saturated heterocycles. The summed E-state index contributed by atoms with van der Waals surface area (Å²) in [7, 11) is 0. The number of imidazole rings is 1. The van der Waals surface area contributed by atoms with Crippen LogP contribution >= 0.6 is 0 Å². The van der Waals surface area contributed by atoms with Gasteiger partial charge in [0.25, 0.3) is 5.91 Å². The maximum absolute atomic E-state index is 12.3. The highest BCUT2D eigenvalue weighted by Crippen LogP contribution is 2.30. The van der Waals surface area contributed by atoms with E-state index in [1.54, 1.807) is 10.9 Å².